The first-order valence-corrected chi connectivity index (χ1v) is 7.18. The molecule has 22 heavy (non-hydrogen) atoms. The monoisotopic (exact) mass is 314 g/mol. The van der Waals surface area contributed by atoms with E-state index in [4.69, 9.17) is 0 Å². The quantitative estimate of drug-likeness (QED) is 0.800. The lowest BCUT2D eigenvalue weighted by molar-refractivity contribution is -0.137. The van der Waals surface area contributed by atoms with Gasteiger partial charge in [-0.2, -0.15) is 13.2 Å². The van der Waals surface area contributed by atoms with Crippen LogP contribution in [-0.2, 0) is 6.18 Å². The highest BCUT2D eigenvalue weighted by Gasteiger charge is 2.57. The van der Waals surface area contributed by atoms with Gasteiger partial charge in [0.1, 0.15) is 0 Å². The smallest absolute Gasteiger partial charge is 0.394 e. The molecule has 4 rings (SSSR count). The summed E-state index contributed by atoms with van der Waals surface area (Å²) in [5.74, 6) is 0.706. The molecule has 0 heterocycles. The van der Waals surface area contributed by atoms with Crippen molar-refractivity contribution in [2.24, 2.45) is 5.92 Å². The fourth-order valence-corrected chi connectivity index (χ4v) is 3.23. The zero-order chi connectivity index (χ0) is 16.0. The minimum Gasteiger partial charge on any atom is -0.394 e. The van der Waals surface area contributed by atoms with Gasteiger partial charge in [0.2, 0.25) is 0 Å². The predicted molar refractivity (Wildman–Crippen MR) is 73.0 cm³/mol. The SMILES string of the molecule is O=C(NC(CO)c1cccc(C(F)(F)F)c1)NC12CC(C1)C2. The maximum Gasteiger partial charge on any atom is 0.416 e. The van der Waals surface area contributed by atoms with Gasteiger partial charge in [-0.15, -0.1) is 0 Å². The van der Waals surface area contributed by atoms with Gasteiger partial charge >= 0.3 is 12.2 Å². The zero-order valence-corrected chi connectivity index (χ0v) is 11.8. The second-order valence-corrected chi connectivity index (χ2v) is 6.22. The van der Waals surface area contributed by atoms with Gasteiger partial charge in [-0.25, -0.2) is 4.79 Å². The van der Waals surface area contributed by atoms with Gasteiger partial charge in [-0.05, 0) is 42.9 Å². The topological polar surface area (TPSA) is 61.4 Å². The van der Waals surface area contributed by atoms with Crippen LogP contribution in [0.25, 0.3) is 0 Å². The molecule has 2 amide bonds. The van der Waals surface area contributed by atoms with E-state index in [9.17, 15) is 23.1 Å². The standard InChI is InChI=1S/C15H17F3N2O2/c16-15(17,18)11-3-1-2-10(4-11)12(8-21)19-13(22)20-14-5-9(6-14)7-14/h1-4,9,12,21H,5-8H2,(H2,19,20,22). The fraction of sp³-hybridized carbons (Fsp3) is 0.533. The van der Waals surface area contributed by atoms with Crippen molar-refractivity contribution in [3.8, 4) is 0 Å². The minimum atomic E-state index is -4.45. The number of hydrogen-bond donors (Lipinski definition) is 3. The van der Waals surface area contributed by atoms with Crippen LogP contribution in [0.5, 0.6) is 0 Å². The van der Waals surface area contributed by atoms with Crippen molar-refractivity contribution in [3.05, 3.63) is 35.4 Å². The summed E-state index contributed by atoms with van der Waals surface area (Å²) >= 11 is 0. The Morgan fingerprint density at radius 1 is 1.36 bits per heavy atom. The Morgan fingerprint density at radius 3 is 2.55 bits per heavy atom. The van der Waals surface area contributed by atoms with Crippen LogP contribution in [0.2, 0.25) is 0 Å². The molecule has 4 nitrogen and oxygen atoms in total. The fourth-order valence-electron chi connectivity index (χ4n) is 3.23. The lowest BCUT2D eigenvalue weighted by Crippen LogP contribution is -2.69. The Hall–Kier alpha value is -1.76. The molecule has 7 heteroatoms. The minimum absolute atomic E-state index is 0.122. The molecule has 0 saturated heterocycles. The molecule has 3 saturated carbocycles. The highest BCUT2D eigenvalue weighted by molar-refractivity contribution is 5.76. The van der Waals surface area contributed by atoms with Crippen molar-refractivity contribution in [3.63, 3.8) is 0 Å². The molecule has 0 aromatic heterocycles. The molecule has 0 spiro atoms. The van der Waals surface area contributed by atoms with Crippen LogP contribution in [0.15, 0.2) is 24.3 Å². The summed E-state index contributed by atoms with van der Waals surface area (Å²) in [5, 5.41) is 14.8. The third kappa shape index (κ3) is 2.77. The van der Waals surface area contributed by atoms with Crippen LogP contribution < -0.4 is 10.6 Å². The van der Waals surface area contributed by atoms with Gasteiger partial charge in [0.05, 0.1) is 18.2 Å². The molecule has 0 radical (unpaired) electrons. The average molecular weight is 314 g/mol. The number of aliphatic hydroxyl groups excluding tert-OH is 1. The molecule has 3 aliphatic carbocycles. The van der Waals surface area contributed by atoms with Crippen LogP contribution in [0, 0.1) is 5.92 Å². The molecule has 1 aromatic carbocycles. The largest absolute Gasteiger partial charge is 0.416 e. The molecule has 1 aromatic rings. The predicted octanol–water partition coefficient (Wildman–Crippen LogP) is 2.59. The van der Waals surface area contributed by atoms with E-state index in [2.05, 4.69) is 10.6 Å². The van der Waals surface area contributed by atoms with Crippen LogP contribution in [-0.4, -0.2) is 23.3 Å². The summed E-state index contributed by atoms with van der Waals surface area (Å²) in [6.45, 7) is -0.468. The summed E-state index contributed by atoms with van der Waals surface area (Å²) in [4.78, 5) is 11.9. The van der Waals surface area contributed by atoms with Crippen LogP contribution in [0.4, 0.5) is 18.0 Å². The molecule has 120 valence electrons. The van der Waals surface area contributed by atoms with E-state index in [0.717, 1.165) is 31.4 Å². The van der Waals surface area contributed by atoms with Crippen LogP contribution in [0.1, 0.15) is 36.4 Å². The first-order chi connectivity index (χ1) is 10.3. The zero-order valence-electron chi connectivity index (χ0n) is 11.8. The lowest BCUT2D eigenvalue weighted by Gasteiger charge is -2.61. The van der Waals surface area contributed by atoms with Crippen LogP contribution >= 0.6 is 0 Å². The number of alkyl halides is 3. The number of rotatable bonds is 4. The van der Waals surface area contributed by atoms with Crippen molar-refractivity contribution in [2.75, 3.05) is 6.61 Å². The van der Waals surface area contributed by atoms with E-state index >= 15 is 0 Å². The van der Waals surface area contributed by atoms with E-state index in [1.807, 2.05) is 0 Å². The van der Waals surface area contributed by atoms with Gasteiger partial charge in [0.15, 0.2) is 0 Å². The third-order valence-electron chi connectivity index (χ3n) is 4.52. The highest BCUT2D eigenvalue weighted by Crippen LogP contribution is 2.56. The second kappa shape index (κ2) is 5.15. The van der Waals surface area contributed by atoms with Crippen molar-refractivity contribution < 1.29 is 23.1 Å². The first kappa shape index (κ1) is 15.1. The molecule has 2 bridgehead atoms. The van der Waals surface area contributed by atoms with Gasteiger partial charge < -0.3 is 15.7 Å². The maximum absolute atomic E-state index is 12.7. The van der Waals surface area contributed by atoms with Gasteiger partial charge in [-0.3, -0.25) is 0 Å². The number of nitrogens with one attached hydrogen (secondary N) is 2. The second-order valence-electron chi connectivity index (χ2n) is 6.22. The summed E-state index contributed by atoms with van der Waals surface area (Å²) in [6.07, 6.45) is -1.56. The Kier molecular flexibility index (Phi) is 3.55. The summed E-state index contributed by atoms with van der Waals surface area (Å²) in [7, 11) is 0. The number of hydrogen-bond acceptors (Lipinski definition) is 2. The maximum atomic E-state index is 12.7. The third-order valence-corrected chi connectivity index (χ3v) is 4.52. The molecular formula is C15H17F3N2O2. The van der Waals surface area contributed by atoms with E-state index in [0.29, 0.717) is 5.92 Å². The number of benzene rings is 1. The van der Waals surface area contributed by atoms with Crippen LogP contribution in [0.3, 0.4) is 0 Å². The Balaban J connectivity index is 1.66. The van der Waals surface area contributed by atoms with Crippen molar-refractivity contribution in [1.29, 1.82) is 0 Å². The number of amides is 2. The Bertz CT molecular complexity index is 571. The van der Waals surface area contributed by atoms with E-state index < -0.39 is 30.4 Å². The lowest BCUT2D eigenvalue weighted by atomic mass is 9.50. The first-order valence-electron chi connectivity index (χ1n) is 7.18. The number of urea groups is 1. The van der Waals surface area contributed by atoms with Gasteiger partial charge in [-0.1, -0.05) is 12.1 Å². The molecule has 3 fully saturated rings. The summed E-state index contributed by atoms with van der Waals surface area (Å²) < 4.78 is 38.2. The average Bonchev–Trinajstić information content (AvgIpc) is 2.38. The number of halogens is 3. The van der Waals surface area contributed by atoms with E-state index in [-0.39, 0.29) is 11.1 Å². The Labute approximate surface area is 125 Å². The molecule has 3 N–H and O–H groups in total. The van der Waals surface area contributed by atoms with Crippen molar-refractivity contribution in [2.45, 2.75) is 37.0 Å². The number of carbonyl (C=O) groups excluding carboxylic acids is 1. The molecular weight excluding hydrogens is 297 g/mol. The van der Waals surface area contributed by atoms with E-state index in [1.165, 1.54) is 12.1 Å². The normalized spacial score (nSPS) is 27.4. The van der Waals surface area contributed by atoms with Gasteiger partial charge in [0.25, 0.3) is 0 Å². The number of carbonyl (C=O) groups is 1. The summed E-state index contributed by atoms with van der Waals surface area (Å²) in [6, 6.07) is 3.31. The van der Waals surface area contributed by atoms with Crippen molar-refractivity contribution in [1.82, 2.24) is 10.6 Å². The van der Waals surface area contributed by atoms with E-state index in [1.54, 1.807) is 0 Å². The summed E-state index contributed by atoms with van der Waals surface area (Å²) in [5.41, 5.74) is -0.696. The molecule has 1 atom stereocenters. The Morgan fingerprint density at radius 2 is 2.05 bits per heavy atom. The van der Waals surface area contributed by atoms with Crippen molar-refractivity contribution >= 4 is 6.03 Å². The number of aliphatic hydroxyl groups is 1. The highest BCUT2D eigenvalue weighted by atomic mass is 19.4. The molecule has 1 unspecified atom stereocenters. The molecule has 0 aliphatic heterocycles. The molecule has 3 aliphatic rings. The van der Waals surface area contributed by atoms with Gasteiger partial charge in [0, 0.05) is 5.54 Å².